The van der Waals surface area contributed by atoms with Gasteiger partial charge in [-0.1, -0.05) is 34.8 Å². The summed E-state index contributed by atoms with van der Waals surface area (Å²) in [6.45, 7) is 0. The number of alkyl halides is 6. The lowest BCUT2D eigenvalue weighted by Gasteiger charge is -2.15. The van der Waals surface area contributed by atoms with E-state index in [0.29, 0.717) is 0 Å². The van der Waals surface area contributed by atoms with Crippen LogP contribution in [0.25, 0.3) is 0 Å². The van der Waals surface area contributed by atoms with E-state index >= 15 is 0 Å². The second kappa shape index (κ2) is 2.45. The Morgan fingerprint density at radius 3 is 1.25 bits per heavy atom. The molecule has 0 saturated heterocycles. The van der Waals surface area contributed by atoms with Crippen LogP contribution in [0.15, 0.2) is 0 Å². The molecule has 0 aliphatic heterocycles. The first-order valence-corrected chi connectivity index (χ1v) is 3.31. The Balaban J connectivity index is 4.02. The van der Waals surface area contributed by atoms with Crippen LogP contribution in [-0.4, -0.2) is 8.62 Å². The second-order valence-electron chi connectivity index (χ2n) is 0.996. The smallest absolute Gasteiger partial charge is 0.207 e. The van der Waals surface area contributed by atoms with E-state index in [9.17, 15) is 8.78 Å². The maximum Gasteiger partial charge on any atom is 0.315 e. The summed E-state index contributed by atoms with van der Waals surface area (Å²) < 4.78 is 17.8. The largest absolute Gasteiger partial charge is 0.315 e. The lowest BCUT2D eigenvalue weighted by Crippen LogP contribution is -2.25. The van der Waals surface area contributed by atoms with Gasteiger partial charge in [0.1, 0.15) is 0 Å². The summed E-state index contributed by atoms with van der Waals surface area (Å²) in [6.07, 6.45) is 0. The van der Waals surface area contributed by atoms with E-state index in [-0.39, 0.29) is 0 Å². The van der Waals surface area contributed by atoms with Crippen molar-refractivity contribution in [1.82, 2.24) is 0 Å². The third-order valence-corrected chi connectivity index (χ3v) is 2.30. The van der Waals surface area contributed by atoms with Gasteiger partial charge in [0.15, 0.2) is 0 Å². The van der Waals surface area contributed by atoms with Crippen molar-refractivity contribution in [3.8, 4) is 0 Å². The molecule has 0 aliphatic rings. The molecular weight excluding hydrogens is 248 g/mol. The topological polar surface area (TPSA) is 0 Å². The minimum absolute atomic E-state index is 2.06. The normalized spacial score (nSPS) is 20.2. The van der Waals surface area contributed by atoms with Crippen LogP contribution in [-0.2, 0) is 0 Å². The predicted octanol–water partition coefficient (Wildman–Crippen LogP) is 3.34. The molecule has 0 heterocycles. The Labute approximate surface area is 68.2 Å². The third kappa shape index (κ3) is 2.67. The zero-order chi connectivity index (χ0) is 7.00. The van der Waals surface area contributed by atoms with E-state index in [4.69, 9.17) is 0 Å². The van der Waals surface area contributed by atoms with Gasteiger partial charge in [-0.2, -0.15) is 0 Å². The fourth-order valence-electron chi connectivity index (χ4n) is 0. The van der Waals surface area contributed by atoms with E-state index in [1.54, 1.807) is 0 Å². The molecule has 0 aromatic heterocycles. The van der Waals surface area contributed by atoms with Crippen LogP contribution < -0.4 is 0 Å². The molecule has 0 aromatic rings. The molecule has 0 N–H and O–H groups in total. The minimum atomic E-state index is -3.10. The van der Waals surface area contributed by atoms with Gasteiger partial charge in [0.05, 0.1) is 0 Å². The molecule has 0 aromatic carbocycles. The highest BCUT2D eigenvalue weighted by Crippen LogP contribution is 2.45. The first kappa shape index (κ1) is 9.21. The molecule has 0 spiro atoms. The summed E-state index contributed by atoms with van der Waals surface area (Å²) >= 11 is 15.8. The van der Waals surface area contributed by atoms with E-state index in [1.165, 1.54) is 0 Å². The summed E-state index contributed by atoms with van der Waals surface area (Å²) in [4.78, 5) is 0. The van der Waals surface area contributed by atoms with Crippen LogP contribution in [0.3, 0.4) is 0 Å². The van der Waals surface area contributed by atoms with Gasteiger partial charge in [0.2, 0.25) is 0 Å². The molecule has 0 aliphatic carbocycles. The van der Waals surface area contributed by atoms with Gasteiger partial charge in [-0.3, -0.25) is 0 Å². The highest BCUT2D eigenvalue weighted by molar-refractivity contribution is 9.10. The average molecular weight is 248 g/mol. The van der Waals surface area contributed by atoms with Crippen LogP contribution in [0.4, 0.5) is 8.78 Å². The van der Waals surface area contributed by atoms with E-state index in [2.05, 4.69) is 50.7 Å². The molecule has 0 nitrogen and oxygen atoms in total. The molecule has 1 atom stereocenters. The van der Waals surface area contributed by atoms with Crippen LogP contribution in [0.5, 0.6) is 0 Å². The molecule has 8 heavy (non-hydrogen) atoms. The van der Waals surface area contributed by atoms with Crippen molar-refractivity contribution < 1.29 is 8.78 Å². The van der Waals surface area contributed by atoms with Gasteiger partial charge >= 0.3 is 4.59 Å². The van der Waals surface area contributed by atoms with Gasteiger partial charge in [0.25, 0.3) is 4.04 Å². The highest BCUT2D eigenvalue weighted by atomic mass is 79.9. The molecular formula is C2BrCl3F2. The maximum absolute atomic E-state index is 11.9. The van der Waals surface area contributed by atoms with Crippen molar-refractivity contribution in [3.05, 3.63) is 0 Å². The molecule has 0 bridgehead atoms. The van der Waals surface area contributed by atoms with E-state index < -0.39 is 8.62 Å². The number of halogens is 6. The molecule has 50 valence electrons. The van der Waals surface area contributed by atoms with Crippen molar-refractivity contribution >= 4 is 50.7 Å². The number of rotatable bonds is 1. The fourth-order valence-corrected chi connectivity index (χ4v) is 0. The molecule has 1 unspecified atom stereocenters. The van der Waals surface area contributed by atoms with Gasteiger partial charge in [-0.05, 0) is 15.9 Å². The SMILES string of the molecule is FC(Cl)(Cl)C(F)(Cl)Br. The molecule has 0 amide bonds. The first-order valence-electron chi connectivity index (χ1n) is 1.38. The summed E-state index contributed by atoms with van der Waals surface area (Å²) in [5.74, 6) is 0. The zero-order valence-corrected chi connectivity index (χ0v) is 7.12. The Kier molecular flexibility index (Phi) is 2.82. The lowest BCUT2D eigenvalue weighted by molar-refractivity contribution is 0.246. The molecule has 0 fully saturated rings. The van der Waals surface area contributed by atoms with Crippen molar-refractivity contribution in [1.29, 1.82) is 0 Å². The highest BCUT2D eigenvalue weighted by Gasteiger charge is 2.48. The van der Waals surface area contributed by atoms with E-state index in [0.717, 1.165) is 0 Å². The molecule has 6 heteroatoms. The molecule has 0 rings (SSSR count). The Hall–Kier alpha value is 1.21. The van der Waals surface area contributed by atoms with Crippen LogP contribution in [0.2, 0.25) is 0 Å². The summed E-state index contributed by atoms with van der Waals surface area (Å²) in [5, 5.41) is 0. The monoisotopic (exact) mass is 246 g/mol. The Morgan fingerprint density at radius 2 is 1.25 bits per heavy atom. The Morgan fingerprint density at radius 1 is 1.12 bits per heavy atom. The molecule has 0 radical (unpaired) electrons. The minimum Gasteiger partial charge on any atom is -0.207 e. The first-order chi connectivity index (χ1) is 3.25. The van der Waals surface area contributed by atoms with Gasteiger partial charge < -0.3 is 0 Å². The van der Waals surface area contributed by atoms with Gasteiger partial charge in [0, 0.05) is 0 Å². The quantitative estimate of drug-likeness (QED) is 0.624. The Bertz CT molecular complexity index is 70.3. The standard InChI is InChI=1S/C2BrCl3F2/c3-1(4,7)2(5,6)8. The van der Waals surface area contributed by atoms with Crippen LogP contribution >= 0.6 is 50.7 Å². The third-order valence-electron chi connectivity index (χ3n) is 0.321. The number of hydrogen-bond acceptors (Lipinski definition) is 0. The van der Waals surface area contributed by atoms with Crippen molar-refractivity contribution in [2.45, 2.75) is 8.62 Å². The van der Waals surface area contributed by atoms with Gasteiger partial charge in [-0.15, -0.1) is 0 Å². The average Bonchev–Trinajstić information content (AvgIpc) is 1.25. The van der Waals surface area contributed by atoms with Crippen molar-refractivity contribution in [3.63, 3.8) is 0 Å². The number of hydrogen-bond donors (Lipinski definition) is 0. The zero-order valence-electron chi connectivity index (χ0n) is 3.27. The lowest BCUT2D eigenvalue weighted by atomic mass is 10.8. The van der Waals surface area contributed by atoms with Crippen molar-refractivity contribution in [2.75, 3.05) is 0 Å². The molecule has 0 saturated carbocycles. The van der Waals surface area contributed by atoms with Gasteiger partial charge in [-0.25, -0.2) is 8.78 Å². The van der Waals surface area contributed by atoms with Crippen LogP contribution in [0.1, 0.15) is 0 Å². The van der Waals surface area contributed by atoms with Crippen LogP contribution in [0, 0.1) is 0 Å². The fraction of sp³-hybridized carbons (Fsp3) is 1.00. The predicted molar refractivity (Wildman–Crippen MR) is 34.2 cm³/mol. The second-order valence-corrected chi connectivity index (χ2v) is 4.30. The summed E-state index contributed by atoms with van der Waals surface area (Å²) in [7, 11) is 0. The van der Waals surface area contributed by atoms with Crippen molar-refractivity contribution in [2.24, 2.45) is 0 Å². The van der Waals surface area contributed by atoms with E-state index in [1.807, 2.05) is 0 Å². The summed E-state index contributed by atoms with van der Waals surface area (Å²) in [6, 6.07) is 0. The maximum atomic E-state index is 11.9. The summed E-state index contributed by atoms with van der Waals surface area (Å²) in [5.41, 5.74) is 0.